The zero-order valence-corrected chi connectivity index (χ0v) is 13.9. The summed E-state index contributed by atoms with van der Waals surface area (Å²) in [5.74, 6) is 1.76. The standard InChI is InChI=1S/C11H18N2O4S3/c1-8-10(19-11(14)12-8)20(15,16)13(4-5-17-2)9-3-6-18-7-9/h9H,3-7H2,1-2H3,(H,12,14). The van der Waals surface area contributed by atoms with E-state index < -0.39 is 10.0 Å². The predicted molar refractivity (Wildman–Crippen MR) is 81.2 cm³/mol. The van der Waals surface area contributed by atoms with Crippen LogP contribution in [-0.4, -0.2) is 55.5 Å². The van der Waals surface area contributed by atoms with Crippen molar-refractivity contribution in [3.8, 4) is 0 Å². The number of nitrogens with one attached hydrogen (secondary N) is 1. The molecule has 2 rings (SSSR count). The summed E-state index contributed by atoms with van der Waals surface area (Å²) in [4.78, 5) is 13.6. The normalized spacial score (nSPS) is 19.9. The lowest BCUT2D eigenvalue weighted by atomic mass is 10.3. The Morgan fingerprint density at radius 2 is 2.25 bits per heavy atom. The van der Waals surface area contributed by atoms with Crippen LogP contribution < -0.4 is 4.87 Å². The van der Waals surface area contributed by atoms with Gasteiger partial charge in [0.2, 0.25) is 0 Å². The molecule has 6 nitrogen and oxygen atoms in total. The van der Waals surface area contributed by atoms with E-state index in [2.05, 4.69) is 4.98 Å². The fourth-order valence-electron chi connectivity index (χ4n) is 2.17. The van der Waals surface area contributed by atoms with Crippen LogP contribution in [0.15, 0.2) is 9.00 Å². The largest absolute Gasteiger partial charge is 0.383 e. The maximum absolute atomic E-state index is 12.8. The maximum Gasteiger partial charge on any atom is 0.305 e. The molecule has 1 unspecified atom stereocenters. The molecule has 114 valence electrons. The third-order valence-corrected chi connectivity index (χ3v) is 7.83. The van der Waals surface area contributed by atoms with E-state index in [4.69, 9.17) is 4.74 Å². The first-order chi connectivity index (χ1) is 9.46. The van der Waals surface area contributed by atoms with Gasteiger partial charge in [-0.1, -0.05) is 11.3 Å². The van der Waals surface area contributed by atoms with E-state index in [0.29, 0.717) is 18.8 Å². The Morgan fingerprint density at radius 3 is 2.75 bits per heavy atom. The molecule has 1 aliphatic rings. The van der Waals surface area contributed by atoms with E-state index in [9.17, 15) is 13.2 Å². The molecule has 0 bridgehead atoms. The number of aromatic nitrogens is 1. The summed E-state index contributed by atoms with van der Waals surface area (Å²) in [5, 5.41) is 0. The fourth-order valence-corrected chi connectivity index (χ4v) is 6.54. The molecule has 1 saturated heterocycles. The zero-order chi connectivity index (χ0) is 14.8. The van der Waals surface area contributed by atoms with E-state index in [-0.39, 0.29) is 15.1 Å². The van der Waals surface area contributed by atoms with Gasteiger partial charge in [0, 0.05) is 31.1 Å². The number of rotatable bonds is 6. The zero-order valence-electron chi connectivity index (χ0n) is 11.4. The van der Waals surface area contributed by atoms with Crippen LogP contribution in [0.25, 0.3) is 0 Å². The number of aryl methyl sites for hydroxylation is 1. The number of sulfonamides is 1. The van der Waals surface area contributed by atoms with Gasteiger partial charge in [0.15, 0.2) is 4.21 Å². The molecule has 0 spiro atoms. The molecule has 1 N–H and O–H groups in total. The van der Waals surface area contributed by atoms with Crippen LogP contribution in [0.3, 0.4) is 0 Å². The number of aromatic amines is 1. The maximum atomic E-state index is 12.8. The molecular formula is C11H18N2O4S3. The average molecular weight is 338 g/mol. The number of hydrogen-bond acceptors (Lipinski definition) is 6. The third kappa shape index (κ3) is 3.28. The molecule has 1 aromatic heterocycles. The van der Waals surface area contributed by atoms with Gasteiger partial charge in [0.05, 0.1) is 6.61 Å². The Morgan fingerprint density at radius 1 is 1.50 bits per heavy atom. The number of nitrogens with zero attached hydrogens (tertiary/aromatic N) is 1. The fraction of sp³-hybridized carbons (Fsp3) is 0.727. The lowest BCUT2D eigenvalue weighted by Crippen LogP contribution is -2.42. The molecule has 1 atom stereocenters. The molecule has 0 aromatic carbocycles. The predicted octanol–water partition coefficient (Wildman–Crippen LogP) is 0.887. The highest BCUT2D eigenvalue weighted by Gasteiger charge is 2.35. The lowest BCUT2D eigenvalue weighted by Gasteiger charge is -2.26. The van der Waals surface area contributed by atoms with Crippen molar-refractivity contribution in [1.82, 2.24) is 9.29 Å². The first-order valence-corrected chi connectivity index (χ1v) is 9.66. The topological polar surface area (TPSA) is 79.5 Å². The smallest absolute Gasteiger partial charge is 0.305 e. The Bertz CT molecular complexity index is 601. The number of hydrogen-bond donors (Lipinski definition) is 1. The van der Waals surface area contributed by atoms with Gasteiger partial charge in [-0.05, 0) is 19.1 Å². The molecule has 0 amide bonds. The van der Waals surface area contributed by atoms with Gasteiger partial charge < -0.3 is 9.72 Å². The monoisotopic (exact) mass is 338 g/mol. The molecule has 20 heavy (non-hydrogen) atoms. The second kappa shape index (κ2) is 6.61. The van der Waals surface area contributed by atoms with Crippen molar-refractivity contribution >= 4 is 33.1 Å². The van der Waals surface area contributed by atoms with E-state index in [0.717, 1.165) is 29.3 Å². The quantitative estimate of drug-likeness (QED) is 0.833. The number of thiazole rings is 1. The summed E-state index contributed by atoms with van der Waals surface area (Å²) < 4.78 is 32.2. The minimum absolute atomic E-state index is 0.0169. The SMILES string of the molecule is COCCN(C1CCSC1)S(=O)(=O)c1sc(=O)[nH]c1C. The van der Waals surface area contributed by atoms with Gasteiger partial charge in [-0.3, -0.25) is 4.79 Å². The number of thioether (sulfide) groups is 1. The van der Waals surface area contributed by atoms with Crippen LogP contribution in [0.1, 0.15) is 12.1 Å². The first kappa shape index (κ1) is 16.0. The van der Waals surface area contributed by atoms with Crippen molar-refractivity contribution in [2.75, 3.05) is 31.8 Å². The van der Waals surface area contributed by atoms with Crippen LogP contribution in [0.4, 0.5) is 0 Å². The summed E-state index contributed by atoms with van der Waals surface area (Å²) in [7, 11) is -2.09. The van der Waals surface area contributed by atoms with Gasteiger partial charge in [-0.15, -0.1) is 0 Å². The summed E-state index contributed by atoms with van der Waals surface area (Å²) in [6, 6.07) is -0.0169. The lowest BCUT2D eigenvalue weighted by molar-refractivity contribution is 0.169. The van der Waals surface area contributed by atoms with Crippen molar-refractivity contribution in [3.05, 3.63) is 15.4 Å². The molecule has 1 aliphatic heterocycles. The molecule has 9 heteroatoms. The van der Waals surface area contributed by atoms with Gasteiger partial charge >= 0.3 is 4.87 Å². The minimum Gasteiger partial charge on any atom is -0.383 e. The van der Waals surface area contributed by atoms with Crippen molar-refractivity contribution in [2.45, 2.75) is 23.6 Å². The summed E-state index contributed by atoms with van der Waals surface area (Å²) >= 11 is 2.51. The molecular weight excluding hydrogens is 320 g/mol. The van der Waals surface area contributed by atoms with E-state index in [1.807, 2.05) is 0 Å². The number of methoxy groups -OCH3 is 1. The second-order valence-corrected chi connectivity index (χ2v) is 8.77. The molecule has 0 saturated carbocycles. The van der Waals surface area contributed by atoms with E-state index in [1.165, 1.54) is 4.31 Å². The Labute approximate surface area is 126 Å². The van der Waals surface area contributed by atoms with Crippen molar-refractivity contribution < 1.29 is 13.2 Å². The van der Waals surface area contributed by atoms with Gasteiger partial charge in [0.25, 0.3) is 10.0 Å². The van der Waals surface area contributed by atoms with Crippen molar-refractivity contribution in [3.63, 3.8) is 0 Å². The first-order valence-electron chi connectivity index (χ1n) is 6.25. The van der Waals surface area contributed by atoms with Gasteiger partial charge in [0.1, 0.15) is 0 Å². The van der Waals surface area contributed by atoms with Gasteiger partial charge in [-0.2, -0.15) is 16.1 Å². The van der Waals surface area contributed by atoms with Crippen LogP contribution in [-0.2, 0) is 14.8 Å². The van der Waals surface area contributed by atoms with E-state index >= 15 is 0 Å². The van der Waals surface area contributed by atoms with Crippen molar-refractivity contribution in [1.29, 1.82) is 0 Å². The number of ether oxygens (including phenoxy) is 1. The highest BCUT2D eigenvalue weighted by Crippen LogP contribution is 2.29. The summed E-state index contributed by atoms with van der Waals surface area (Å²) in [6.45, 7) is 2.27. The average Bonchev–Trinajstić information content (AvgIpc) is 2.99. The van der Waals surface area contributed by atoms with Crippen LogP contribution in [0.5, 0.6) is 0 Å². The van der Waals surface area contributed by atoms with E-state index in [1.54, 1.807) is 25.8 Å². The van der Waals surface area contributed by atoms with Crippen molar-refractivity contribution in [2.24, 2.45) is 0 Å². The van der Waals surface area contributed by atoms with Crippen LogP contribution in [0.2, 0.25) is 0 Å². The highest BCUT2D eigenvalue weighted by atomic mass is 32.2. The Hall–Kier alpha value is -0.350. The van der Waals surface area contributed by atoms with Crippen LogP contribution >= 0.6 is 23.1 Å². The Balaban J connectivity index is 2.35. The molecule has 0 radical (unpaired) electrons. The molecule has 0 aliphatic carbocycles. The second-order valence-electron chi connectivity index (χ2n) is 4.55. The summed E-state index contributed by atoms with van der Waals surface area (Å²) in [6.07, 6.45) is 0.839. The molecule has 1 aromatic rings. The Kier molecular flexibility index (Phi) is 5.30. The number of H-pyrrole nitrogens is 1. The van der Waals surface area contributed by atoms with Crippen LogP contribution in [0, 0.1) is 6.92 Å². The van der Waals surface area contributed by atoms with Gasteiger partial charge in [-0.25, -0.2) is 8.42 Å². The highest BCUT2D eigenvalue weighted by molar-refractivity contribution is 7.99. The third-order valence-electron chi connectivity index (χ3n) is 3.15. The molecule has 1 fully saturated rings. The minimum atomic E-state index is -3.64. The summed E-state index contributed by atoms with van der Waals surface area (Å²) in [5.41, 5.74) is 0.410. The molecule has 2 heterocycles.